The first-order valence-electron chi connectivity index (χ1n) is 9.70. The maximum absolute atomic E-state index is 12.6. The van der Waals surface area contributed by atoms with Gasteiger partial charge in [0.15, 0.2) is 0 Å². The Morgan fingerprint density at radius 2 is 2.00 bits per heavy atom. The van der Waals surface area contributed by atoms with Crippen molar-refractivity contribution in [2.24, 2.45) is 0 Å². The summed E-state index contributed by atoms with van der Waals surface area (Å²) in [4.78, 5) is 15.0. The summed E-state index contributed by atoms with van der Waals surface area (Å²) in [7, 11) is 2.21. The molecule has 0 spiro atoms. The molecule has 0 aromatic heterocycles. The number of nitrogens with one attached hydrogen (secondary N) is 1. The summed E-state index contributed by atoms with van der Waals surface area (Å²) in [6.07, 6.45) is 9.22. The lowest BCUT2D eigenvalue weighted by atomic mass is 9.80. The van der Waals surface area contributed by atoms with Crippen LogP contribution in [0.4, 0.5) is 0 Å². The number of amides is 1. The van der Waals surface area contributed by atoms with Crippen molar-refractivity contribution in [2.45, 2.75) is 69.7 Å². The van der Waals surface area contributed by atoms with Crippen LogP contribution in [0.5, 0.6) is 0 Å². The number of aryl methyl sites for hydroxylation is 1. The van der Waals surface area contributed by atoms with Gasteiger partial charge in [0.1, 0.15) is 0 Å². The summed E-state index contributed by atoms with van der Waals surface area (Å²) < 4.78 is 0. The fourth-order valence-electron chi connectivity index (χ4n) is 4.66. The SMILES string of the molecule is CCN(C)C1(CNC(=O)CC2CCc3ccccc32)CCCCC1. The molecule has 1 saturated carbocycles. The second kappa shape index (κ2) is 7.69. The fourth-order valence-corrected chi connectivity index (χ4v) is 4.66. The summed E-state index contributed by atoms with van der Waals surface area (Å²) in [5, 5.41) is 3.29. The largest absolute Gasteiger partial charge is 0.354 e. The van der Waals surface area contributed by atoms with Crippen LogP contribution in [-0.4, -0.2) is 36.5 Å². The normalized spacial score (nSPS) is 22.4. The van der Waals surface area contributed by atoms with Crippen LogP contribution < -0.4 is 5.32 Å². The molecular formula is C21H32N2O. The second-order valence-electron chi connectivity index (χ2n) is 7.71. The number of carbonyl (C=O) groups is 1. The molecule has 2 aliphatic rings. The van der Waals surface area contributed by atoms with E-state index in [2.05, 4.69) is 48.5 Å². The number of carbonyl (C=O) groups excluding carboxylic acids is 1. The number of nitrogens with zero attached hydrogens (tertiary/aromatic N) is 1. The molecular weight excluding hydrogens is 296 g/mol. The number of fused-ring (bicyclic) bond motifs is 1. The summed E-state index contributed by atoms with van der Waals surface area (Å²) in [5.74, 6) is 0.638. The third-order valence-electron chi connectivity index (χ3n) is 6.37. The first kappa shape index (κ1) is 17.5. The van der Waals surface area contributed by atoms with E-state index in [4.69, 9.17) is 0 Å². The molecule has 1 N–H and O–H groups in total. The minimum Gasteiger partial charge on any atom is -0.354 e. The van der Waals surface area contributed by atoms with Gasteiger partial charge in [-0.05, 0) is 56.3 Å². The van der Waals surface area contributed by atoms with Crippen molar-refractivity contribution < 1.29 is 4.79 Å². The van der Waals surface area contributed by atoms with Gasteiger partial charge in [-0.1, -0.05) is 50.5 Å². The van der Waals surface area contributed by atoms with Gasteiger partial charge >= 0.3 is 0 Å². The van der Waals surface area contributed by atoms with Gasteiger partial charge in [-0.3, -0.25) is 9.69 Å². The van der Waals surface area contributed by atoms with Crippen molar-refractivity contribution in [1.82, 2.24) is 10.2 Å². The van der Waals surface area contributed by atoms with Crippen LogP contribution >= 0.6 is 0 Å². The lowest BCUT2D eigenvalue weighted by molar-refractivity contribution is -0.122. The quantitative estimate of drug-likeness (QED) is 0.859. The highest BCUT2D eigenvalue weighted by atomic mass is 16.1. The van der Waals surface area contributed by atoms with E-state index in [-0.39, 0.29) is 11.4 Å². The summed E-state index contributed by atoms with van der Waals surface area (Å²) in [6, 6.07) is 8.62. The van der Waals surface area contributed by atoms with Gasteiger partial charge in [-0.2, -0.15) is 0 Å². The molecule has 0 bridgehead atoms. The molecule has 1 aromatic rings. The highest BCUT2D eigenvalue weighted by molar-refractivity contribution is 5.77. The van der Waals surface area contributed by atoms with Crippen molar-refractivity contribution >= 4 is 5.91 Å². The summed E-state index contributed by atoms with van der Waals surface area (Å²) in [6.45, 7) is 4.07. The van der Waals surface area contributed by atoms with Gasteiger partial charge in [0, 0.05) is 18.5 Å². The highest BCUT2D eigenvalue weighted by Crippen LogP contribution is 2.35. The molecule has 1 amide bonds. The van der Waals surface area contributed by atoms with E-state index in [0.717, 1.165) is 25.9 Å². The van der Waals surface area contributed by atoms with Crippen molar-refractivity contribution in [3.05, 3.63) is 35.4 Å². The molecule has 0 radical (unpaired) electrons. The van der Waals surface area contributed by atoms with Crippen molar-refractivity contribution in [3.63, 3.8) is 0 Å². The fraction of sp³-hybridized carbons (Fsp3) is 0.667. The van der Waals surface area contributed by atoms with Crippen molar-refractivity contribution in [3.8, 4) is 0 Å². The first-order chi connectivity index (χ1) is 11.6. The lowest BCUT2D eigenvalue weighted by Crippen LogP contribution is -2.55. The van der Waals surface area contributed by atoms with Gasteiger partial charge < -0.3 is 5.32 Å². The number of likely N-dealkylation sites (N-methyl/N-ethyl adjacent to an activating group) is 1. The Hall–Kier alpha value is -1.35. The van der Waals surface area contributed by atoms with E-state index in [9.17, 15) is 4.79 Å². The molecule has 1 fully saturated rings. The zero-order valence-electron chi connectivity index (χ0n) is 15.3. The topological polar surface area (TPSA) is 32.3 Å². The standard InChI is InChI=1S/C21H32N2O/c1-3-23(2)21(13-7-4-8-14-21)16-22-20(24)15-18-12-11-17-9-5-6-10-19(17)18/h5-6,9-10,18H,3-4,7-8,11-16H2,1-2H3,(H,22,24). The molecule has 2 aliphatic carbocycles. The Balaban J connectivity index is 1.57. The lowest BCUT2D eigenvalue weighted by Gasteiger charge is -2.44. The molecule has 3 heteroatoms. The first-order valence-corrected chi connectivity index (χ1v) is 9.70. The van der Waals surface area contributed by atoms with Gasteiger partial charge in [-0.25, -0.2) is 0 Å². The maximum Gasteiger partial charge on any atom is 0.220 e. The van der Waals surface area contributed by atoms with Crippen molar-refractivity contribution in [1.29, 1.82) is 0 Å². The molecule has 0 saturated heterocycles. The summed E-state index contributed by atoms with van der Waals surface area (Å²) >= 11 is 0. The Morgan fingerprint density at radius 3 is 2.75 bits per heavy atom. The zero-order chi connectivity index (χ0) is 17.0. The average Bonchev–Trinajstić information content (AvgIpc) is 3.03. The third-order valence-corrected chi connectivity index (χ3v) is 6.37. The van der Waals surface area contributed by atoms with E-state index in [1.54, 1.807) is 0 Å². The molecule has 1 aromatic carbocycles. The smallest absolute Gasteiger partial charge is 0.220 e. The Morgan fingerprint density at radius 1 is 1.25 bits per heavy atom. The van der Waals surface area contributed by atoms with E-state index in [0.29, 0.717) is 12.3 Å². The Labute approximate surface area is 146 Å². The predicted molar refractivity (Wildman–Crippen MR) is 99.3 cm³/mol. The summed E-state index contributed by atoms with van der Waals surface area (Å²) in [5.41, 5.74) is 3.01. The van der Waals surface area contributed by atoms with Gasteiger partial charge in [0.2, 0.25) is 5.91 Å². The van der Waals surface area contributed by atoms with Gasteiger partial charge in [-0.15, -0.1) is 0 Å². The van der Waals surface area contributed by atoms with E-state index in [1.807, 2.05) is 0 Å². The zero-order valence-corrected chi connectivity index (χ0v) is 15.3. The average molecular weight is 329 g/mol. The number of rotatable bonds is 6. The monoisotopic (exact) mass is 328 g/mol. The van der Waals surface area contributed by atoms with E-state index < -0.39 is 0 Å². The number of hydrogen-bond acceptors (Lipinski definition) is 2. The molecule has 1 atom stereocenters. The predicted octanol–water partition coefficient (Wildman–Crippen LogP) is 3.88. The third kappa shape index (κ3) is 3.66. The molecule has 0 heterocycles. The molecule has 0 aliphatic heterocycles. The van der Waals surface area contributed by atoms with Gasteiger partial charge in [0.25, 0.3) is 0 Å². The Bertz CT molecular complexity index is 563. The molecule has 132 valence electrons. The number of benzene rings is 1. The number of hydrogen-bond donors (Lipinski definition) is 1. The highest BCUT2D eigenvalue weighted by Gasteiger charge is 2.35. The van der Waals surface area contributed by atoms with Crippen LogP contribution in [0.1, 0.15) is 68.9 Å². The van der Waals surface area contributed by atoms with Crippen LogP contribution in [0.3, 0.4) is 0 Å². The molecule has 1 unspecified atom stereocenters. The van der Waals surface area contributed by atoms with E-state index in [1.165, 1.54) is 43.2 Å². The van der Waals surface area contributed by atoms with Crippen LogP contribution in [0.2, 0.25) is 0 Å². The minimum absolute atomic E-state index is 0.177. The van der Waals surface area contributed by atoms with Crippen LogP contribution in [0, 0.1) is 0 Å². The second-order valence-corrected chi connectivity index (χ2v) is 7.71. The van der Waals surface area contributed by atoms with Crippen molar-refractivity contribution in [2.75, 3.05) is 20.1 Å². The molecule has 3 rings (SSSR count). The molecule has 24 heavy (non-hydrogen) atoms. The maximum atomic E-state index is 12.6. The Kier molecular flexibility index (Phi) is 5.60. The molecule has 3 nitrogen and oxygen atoms in total. The van der Waals surface area contributed by atoms with Gasteiger partial charge in [0.05, 0.1) is 0 Å². The van der Waals surface area contributed by atoms with Crippen LogP contribution in [-0.2, 0) is 11.2 Å². The van der Waals surface area contributed by atoms with E-state index >= 15 is 0 Å². The van der Waals surface area contributed by atoms with Crippen LogP contribution in [0.25, 0.3) is 0 Å². The minimum atomic E-state index is 0.177. The van der Waals surface area contributed by atoms with Crippen LogP contribution in [0.15, 0.2) is 24.3 Å².